The minimum atomic E-state index is 0.260. The van der Waals surface area contributed by atoms with Crippen LogP contribution in [0.4, 0.5) is 0 Å². The lowest BCUT2D eigenvalue weighted by Gasteiger charge is -2.20. The summed E-state index contributed by atoms with van der Waals surface area (Å²) in [6.45, 7) is 4.40. The first-order valence-electron chi connectivity index (χ1n) is 7.26. The van der Waals surface area contributed by atoms with Crippen molar-refractivity contribution >= 4 is 5.91 Å². The van der Waals surface area contributed by atoms with Crippen LogP contribution in [0.2, 0.25) is 0 Å². The number of hydrogen-bond donors (Lipinski definition) is 2. The number of amides is 1. The lowest BCUT2D eigenvalue weighted by Crippen LogP contribution is -2.37. The van der Waals surface area contributed by atoms with E-state index in [1.54, 1.807) is 0 Å². The van der Waals surface area contributed by atoms with Crippen molar-refractivity contribution in [2.45, 2.75) is 57.9 Å². The molecule has 2 aliphatic rings. The van der Waals surface area contributed by atoms with Crippen LogP contribution in [0, 0.1) is 11.8 Å². The summed E-state index contributed by atoms with van der Waals surface area (Å²) in [6, 6.07) is 0.381. The van der Waals surface area contributed by atoms with Crippen molar-refractivity contribution < 1.29 is 4.79 Å². The Balaban J connectivity index is 1.62. The highest BCUT2D eigenvalue weighted by atomic mass is 16.1. The third kappa shape index (κ3) is 3.98. The van der Waals surface area contributed by atoms with Crippen molar-refractivity contribution in [3.63, 3.8) is 0 Å². The van der Waals surface area contributed by atoms with E-state index in [1.807, 2.05) is 0 Å². The normalized spacial score (nSPS) is 27.2. The van der Waals surface area contributed by atoms with E-state index in [9.17, 15) is 4.79 Å². The highest BCUT2D eigenvalue weighted by Crippen LogP contribution is 2.27. The summed E-state index contributed by atoms with van der Waals surface area (Å²) in [5.41, 5.74) is 0. The summed E-state index contributed by atoms with van der Waals surface area (Å²) < 4.78 is 0. The predicted molar refractivity (Wildman–Crippen MR) is 69.8 cm³/mol. The number of carbonyl (C=O) groups excluding carboxylic acids is 1. The van der Waals surface area contributed by atoms with Gasteiger partial charge >= 0.3 is 0 Å². The SMILES string of the molecule is C[C@@H](NC(=O)CCC1CCNC1)C1CCCC1. The van der Waals surface area contributed by atoms with Crippen LogP contribution in [0.1, 0.15) is 51.9 Å². The Morgan fingerprint density at radius 1 is 1.35 bits per heavy atom. The third-order valence-corrected chi connectivity index (χ3v) is 4.44. The molecule has 1 saturated carbocycles. The molecular formula is C14H26N2O. The molecule has 1 aliphatic heterocycles. The van der Waals surface area contributed by atoms with Gasteiger partial charge in [0.2, 0.25) is 5.91 Å². The topological polar surface area (TPSA) is 41.1 Å². The first kappa shape index (κ1) is 12.9. The van der Waals surface area contributed by atoms with E-state index in [4.69, 9.17) is 0 Å². The molecule has 98 valence electrons. The average molecular weight is 238 g/mol. The highest BCUT2D eigenvalue weighted by molar-refractivity contribution is 5.76. The van der Waals surface area contributed by atoms with Gasteiger partial charge < -0.3 is 10.6 Å². The monoisotopic (exact) mass is 238 g/mol. The Morgan fingerprint density at radius 2 is 2.12 bits per heavy atom. The molecule has 1 heterocycles. The molecular weight excluding hydrogens is 212 g/mol. The van der Waals surface area contributed by atoms with Gasteiger partial charge in [-0.15, -0.1) is 0 Å². The maximum atomic E-state index is 11.8. The Morgan fingerprint density at radius 3 is 2.76 bits per heavy atom. The van der Waals surface area contributed by atoms with Gasteiger partial charge in [0.25, 0.3) is 0 Å². The minimum Gasteiger partial charge on any atom is -0.353 e. The van der Waals surface area contributed by atoms with E-state index in [0.717, 1.165) is 31.3 Å². The molecule has 0 aromatic rings. The molecule has 3 nitrogen and oxygen atoms in total. The number of hydrogen-bond acceptors (Lipinski definition) is 2. The maximum Gasteiger partial charge on any atom is 0.220 e. The fourth-order valence-corrected chi connectivity index (χ4v) is 3.20. The first-order valence-corrected chi connectivity index (χ1v) is 7.26. The van der Waals surface area contributed by atoms with E-state index in [0.29, 0.717) is 12.5 Å². The van der Waals surface area contributed by atoms with E-state index in [-0.39, 0.29) is 5.91 Å². The van der Waals surface area contributed by atoms with Crippen molar-refractivity contribution in [3.05, 3.63) is 0 Å². The minimum absolute atomic E-state index is 0.260. The molecule has 2 rings (SSSR count). The van der Waals surface area contributed by atoms with Crippen molar-refractivity contribution in [2.75, 3.05) is 13.1 Å². The van der Waals surface area contributed by atoms with Crippen molar-refractivity contribution in [1.29, 1.82) is 0 Å². The Labute approximate surface area is 105 Å². The van der Waals surface area contributed by atoms with E-state index in [1.165, 1.54) is 32.1 Å². The van der Waals surface area contributed by atoms with E-state index >= 15 is 0 Å². The fourth-order valence-electron chi connectivity index (χ4n) is 3.20. The molecule has 0 aromatic heterocycles. The van der Waals surface area contributed by atoms with Crippen molar-refractivity contribution in [2.24, 2.45) is 11.8 Å². The van der Waals surface area contributed by atoms with Crippen LogP contribution < -0.4 is 10.6 Å². The largest absolute Gasteiger partial charge is 0.353 e. The summed E-state index contributed by atoms with van der Waals surface area (Å²) in [5.74, 6) is 1.71. The molecule has 2 atom stereocenters. The van der Waals surface area contributed by atoms with E-state index in [2.05, 4.69) is 17.6 Å². The second kappa shape index (κ2) is 6.39. The van der Waals surface area contributed by atoms with Gasteiger partial charge in [-0.3, -0.25) is 4.79 Å². The predicted octanol–water partition coefficient (Wildman–Crippen LogP) is 2.07. The molecule has 0 aromatic carbocycles. The summed E-state index contributed by atoms with van der Waals surface area (Å²) in [5, 5.41) is 6.54. The van der Waals surface area contributed by atoms with Gasteiger partial charge in [-0.05, 0) is 57.5 Å². The molecule has 0 bridgehead atoms. The molecule has 0 spiro atoms. The van der Waals surface area contributed by atoms with Crippen LogP contribution in [0.3, 0.4) is 0 Å². The van der Waals surface area contributed by atoms with E-state index < -0.39 is 0 Å². The lowest BCUT2D eigenvalue weighted by molar-refractivity contribution is -0.122. The van der Waals surface area contributed by atoms with Gasteiger partial charge in [-0.1, -0.05) is 12.8 Å². The van der Waals surface area contributed by atoms with Gasteiger partial charge in [0, 0.05) is 12.5 Å². The lowest BCUT2D eigenvalue weighted by atomic mass is 9.98. The number of carbonyl (C=O) groups is 1. The number of rotatable bonds is 5. The molecule has 1 saturated heterocycles. The van der Waals surface area contributed by atoms with Crippen LogP contribution >= 0.6 is 0 Å². The Bertz CT molecular complexity index is 243. The summed E-state index contributed by atoms with van der Waals surface area (Å²) in [4.78, 5) is 11.8. The van der Waals surface area contributed by atoms with Crippen LogP contribution in [0.5, 0.6) is 0 Å². The third-order valence-electron chi connectivity index (χ3n) is 4.44. The summed E-state index contributed by atoms with van der Waals surface area (Å²) >= 11 is 0. The Kier molecular flexibility index (Phi) is 4.84. The van der Waals surface area contributed by atoms with Crippen LogP contribution in [-0.2, 0) is 4.79 Å². The fraction of sp³-hybridized carbons (Fsp3) is 0.929. The molecule has 17 heavy (non-hydrogen) atoms. The zero-order chi connectivity index (χ0) is 12.1. The second-order valence-electron chi connectivity index (χ2n) is 5.80. The quantitative estimate of drug-likeness (QED) is 0.770. The molecule has 1 aliphatic carbocycles. The molecule has 3 heteroatoms. The number of nitrogens with one attached hydrogen (secondary N) is 2. The molecule has 2 N–H and O–H groups in total. The first-order chi connectivity index (χ1) is 8.25. The van der Waals surface area contributed by atoms with Crippen molar-refractivity contribution in [3.8, 4) is 0 Å². The highest BCUT2D eigenvalue weighted by Gasteiger charge is 2.23. The van der Waals surface area contributed by atoms with Gasteiger partial charge in [0.15, 0.2) is 0 Å². The van der Waals surface area contributed by atoms with Crippen LogP contribution in [0.15, 0.2) is 0 Å². The van der Waals surface area contributed by atoms with Gasteiger partial charge in [0.05, 0.1) is 0 Å². The zero-order valence-electron chi connectivity index (χ0n) is 11.0. The van der Waals surface area contributed by atoms with Gasteiger partial charge in [0.1, 0.15) is 0 Å². The molecule has 1 unspecified atom stereocenters. The summed E-state index contributed by atoms with van der Waals surface area (Å²) in [7, 11) is 0. The smallest absolute Gasteiger partial charge is 0.220 e. The van der Waals surface area contributed by atoms with Gasteiger partial charge in [-0.25, -0.2) is 0 Å². The maximum absolute atomic E-state index is 11.8. The molecule has 0 radical (unpaired) electrons. The van der Waals surface area contributed by atoms with Crippen molar-refractivity contribution in [1.82, 2.24) is 10.6 Å². The van der Waals surface area contributed by atoms with Crippen LogP contribution in [0.25, 0.3) is 0 Å². The molecule has 2 fully saturated rings. The summed E-state index contributed by atoms with van der Waals surface area (Å²) in [6.07, 6.45) is 8.30. The Hall–Kier alpha value is -0.570. The standard InChI is InChI=1S/C14H26N2O/c1-11(13-4-2-3-5-13)16-14(17)7-6-12-8-9-15-10-12/h11-13,15H,2-10H2,1H3,(H,16,17)/t11-,12?/m1/s1. The average Bonchev–Trinajstić information content (AvgIpc) is 2.99. The zero-order valence-corrected chi connectivity index (χ0v) is 11.0. The van der Waals surface area contributed by atoms with Crippen LogP contribution in [-0.4, -0.2) is 25.0 Å². The molecule has 1 amide bonds. The second-order valence-corrected chi connectivity index (χ2v) is 5.80. The van der Waals surface area contributed by atoms with Gasteiger partial charge in [-0.2, -0.15) is 0 Å².